The maximum absolute atomic E-state index is 12.7. The van der Waals surface area contributed by atoms with Crippen LogP contribution in [0.25, 0.3) is 0 Å². The van der Waals surface area contributed by atoms with E-state index in [-0.39, 0.29) is 59.5 Å². The number of hydrogen-bond donors (Lipinski definition) is 2. The molecule has 1 saturated carbocycles. The molecular formula is C21H34IN5O2. The second-order valence-electron chi connectivity index (χ2n) is 8.52. The summed E-state index contributed by atoms with van der Waals surface area (Å²) in [5, 5.41) is 6.58. The monoisotopic (exact) mass is 515 g/mol. The van der Waals surface area contributed by atoms with Crippen LogP contribution in [0.1, 0.15) is 26.7 Å². The maximum Gasteiger partial charge on any atom is 0.233 e. The molecule has 7 nitrogen and oxygen atoms in total. The highest BCUT2D eigenvalue weighted by molar-refractivity contribution is 14.0. The lowest BCUT2D eigenvalue weighted by Gasteiger charge is -2.19. The zero-order chi connectivity index (χ0) is 19.7. The van der Waals surface area contributed by atoms with Crippen LogP contribution in [0.5, 0.6) is 0 Å². The average Bonchev–Trinajstić information content (AvgIpc) is 3.46. The van der Waals surface area contributed by atoms with E-state index >= 15 is 0 Å². The zero-order valence-electron chi connectivity index (χ0n) is 17.5. The van der Waals surface area contributed by atoms with Crippen molar-refractivity contribution < 1.29 is 9.59 Å². The molecular weight excluding hydrogens is 481 g/mol. The molecule has 8 heteroatoms. The van der Waals surface area contributed by atoms with Crippen molar-refractivity contribution in [2.24, 2.45) is 34.6 Å². The summed E-state index contributed by atoms with van der Waals surface area (Å²) in [6.07, 6.45) is 6.45. The van der Waals surface area contributed by atoms with E-state index in [0.717, 1.165) is 38.6 Å². The molecule has 2 saturated heterocycles. The number of guanidine groups is 1. The Morgan fingerprint density at radius 3 is 2.41 bits per heavy atom. The lowest BCUT2D eigenvalue weighted by atomic mass is 9.85. The van der Waals surface area contributed by atoms with Crippen LogP contribution in [-0.2, 0) is 9.59 Å². The Morgan fingerprint density at radius 2 is 1.83 bits per heavy atom. The zero-order valence-corrected chi connectivity index (χ0v) is 19.8. The van der Waals surface area contributed by atoms with E-state index in [1.165, 1.54) is 17.9 Å². The third-order valence-corrected chi connectivity index (χ3v) is 6.86. The molecule has 0 aromatic carbocycles. The standard InChI is InChI=1S/C21H33N5O2.HI/c1-3-22-21(24-12-14-7-9-25(4-2)13-14)23-8-10-26-19(27)17-15-5-6-16(11-15)18(17)20(26)28;/h5-6,14-18H,3-4,7-13H2,1-2H3,(H2,22,23,24);1H. The van der Waals surface area contributed by atoms with Crippen LogP contribution in [-0.4, -0.2) is 73.4 Å². The number of aliphatic imine (C=N–C) groups is 1. The van der Waals surface area contributed by atoms with Gasteiger partial charge < -0.3 is 15.5 Å². The average molecular weight is 515 g/mol. The van der Waals surface area contributed by atoms with Crippen LogP contribution >= 0.6 is 24.0 Å². The summed E-state index contributed by atoms with van der Waals surface area (Å²) < 4.78 is 0. The van der Waals surface area contributed by atoms with E-state index in [1.54, 1.807) is 0 Å². The van der Waals surface area contributed by atoms with Crippen LogP contribution in [0.2, 0.25) is 0 Å². The van der Waals surface area contributed by atoms with Crippen molar-refractivity contribution in [2.75, 3.05) is 45.8 Å². The molecule has 2 bridgehead atoms. The topological polar surface area (TPSA) is 77.0 Å². The van der Waals surface area contributed by atoms with E-state index in [9.17, 15) is 9.59 Å². The fourth-order valence-electron chi connectivity index (χ4n) is 5.38. The number of hydrogen-bond acceptors (Lipinski definition) is 4. The van der Waals surface area contributed by atoms with Crippen molar-refractivity contribution in [3.05, 3.63) is 12.2 Å². The molecule has 4 rings (SSSR count). The molecule has 0 radical (unpaired) electrons. The fraction of sp³-hybridized carbons (Fsp3) is 0.762. The molecule has 2 aliphatic heterocycles. The van der Waals surface area contributed by atoms with Crippen molar-refractivity contribution in [3.8, 4) is 0 Å². The molecule has 29 heavy (non-hydrogen) atoms. The van der Waals surface area contributed by atoms with Crippen molar-refractivity contribution in [1.29, 1.82) is 0 Å². The number of likely N-dealkylation sites (tertiary alicyclic amines) is 2. The lowest BCUT2D eigenvalue weighted by Crippen LogP contribution is -2.44. The summed E-state index contributed by atoms with van der Waals surface area (Å²) in [7, 11) is 0. The molecule has 2 amide bonds. The van der Waals surface area contributed by atoms with Crippen molar-refractivity contribution >= 4 is 41.8 Å². The minimum Gasteiger partial charge on any atom is -0.357 e. The normalized spacial score (nSPS) is 33.4. The minimum absolute atomic E-state index is 0. The number of carbonyl (C=O) groups is 2. The van der Waals surface area contributed by atoms with Gasteiger partial charge in [0.15, 0.2) is 5.96 Å². The molecule has 0 spiro atoms. The number of nitrogens with one attached hydrogen (secondary N) is 2. The van der Waals surface area contributed by atoms with Gasteiger partial charge >= 0.3 is 0 Å². The van der Waals surface area contributed by atoms with Crippen LogP contribution in [0.4, 0.5) is 0 Å². The van der Waals surface area contributed by atoms with E-state index in [2.05, 4.69) is 34.6 Å². The molecule has 162 valence electrons. The lowest BCUT2D eigenvalue weighted by molar-refractivity contribution is -0.140. The molecule has 5 unspecified atom stereocenters. The molecule has 3 fully saturated rings. The van der Waals surface area contributed by atoms with E-state index in [0.29, 0.717) is 19.0 Å². The van der Waals surface area contributed by atoms with Crippen LogP contribution < -0.4 is 10.6 Å². The molecule has 4 aliphatic rings. The van der Waals surface area contributed by atoms with Gasteiger partial charge in [0.25, 0.3) is 0 Å². The first-order valence-electron chi connectivity index (χ1n) is 10.9. The minimum atomic E-state index is -0.103. The molecule has 2 heterocycles. The van der Waals surface area contributed by atoms with Gasteiger partial charge in [0.05, 0.1) is 11.8 Å². The maximum atomic E-state index is 12.7. The van der Waals surface area contributed by atoms with Gasteiger partial charge in [0.1, 0.15) is 0 Å². The molecule has 0 aromatic heterocycles. The largest absolute Gasteiger partial charge is 0.357 e. The van der Waals surface area contributed by atoms with Gasteiger partial charge in [-0.15, -0.1) is 24.0 Å². The number of carbonyl (C=O) groups excluding carboxylic acids is 2. The number of amides is 2. The summed E-state index contributed by atoms with van der Waals surface area (Å²) >= 11 is 0. The van der Waals surface area contributed by atoms with Gasteiger partial charge in [-0.05, 0) is 50.6 Å². The third-order valence-electron chi connectivity index (χ3n) is 6.86. The summed E-state index contributed by atoms with van der Waals surface area (Å²) in [6, 6.07) is 0. The number of imide groups is 1. The molecule has 2 N–H and O–H groups in total. The number of allylic oxidation sites excluding steroid dienone is 2. The second kappa shape index (κ2) is 9.76. The van der Waals surface area contributed by atoms with Gasteiger partial charge in [0, 0.05) is 32.7 Å². The van der Waals surface area contributed by atoms with E-state index in [1.807, 2.05) is 6.92 Å². The predicted molar refractivity (Wildman–Crippen MR) is 124 cm³/mol. The Hall–Kier alpha value is -1.16. The van der Waals surface area contributed by atoms with E-state index < -0.39 is 0 Å². The summed E-state index contributed by atoms with van der Waals surface area (Å²) in [5.41, 5.74) is 0. The van der Waals surface area contributed by atoms with Crippen LogP contribution in [0, 0.1) is 29.6 Å². The highest BCUT2D eigenvalue weighted by atomic mass is 127. The Labute approximate surface area is 190 Å². The number of nitrogens with zero attached hydrogens (tertiary/aromatic N) is 3. The quantitative estimate of drug-likeness (QED) is 0.176. The number of fused-ring (bicyclic) bond motifs is 5. The van der Waals surface area contributed by atoms with Crippen molar-refractivity contribution in [2.45, 2.75) is 26.7 Å². The predicted octanol–water partition coefficient (Wildman–Crippen LogP) is 1.31. The molecule has 0 aromatic rings. The summed E-state index contributed by atoms with van der Waals surface area (Å²) in [6.45, 7) is 10.2. The SMILES string of the molecule is CCNC(=NCC1CCN(CC)C1)NCCN1C(=O)C2C3C=CC(C3)C2C1=O.I. The Bertz CT molecular complexity index is 652. The van der Waals surface area contributed by atoms with Gasteiger partial charge in [-0.1, -0.05) is 19.1 Å². The Balaban J connectivity index is 0.00000240. The highest BCUT2D eigenvalue weighted by Gasteiger charge is 2.58. The molecule has 2 aliphatic carbocycles. The van der Waals surface area contributed by atoms with Crippen LogP contribution in [0.15, 0.2) is 17.1 Å². The number of rotatable bonds is 7. The second-order valence-corrected chi connectivity index (χ2v) is 8.52. The fourth-order valence-corrected chi connectivity index (χ4v) is 5.38. The Kier molecular flexibility index (Phi) is 7.58. The summed E-state index contributed by atoms with van der Waals surface area (Å²) in [4.78, 5) is 34.2. The van der Waals surface area contributed by atoms with Crippen molar-refractivity contribution in [3.63, 3.8) is 0 Å². The first-order valence-corrected chi connectivity index (χ1v) is 10.9. The first kappa shape index (κ1) is 22.5. The van der Waals surface area contributed by atoms with Gasteiger partial charge in [-0.25, -0.2) is 0 Å². The van der Waals surface area contributed by atoms with Crippen molar-refractivity contribution in [1.82, 2.24) is 20.4 Å². The highest BCUT2D eigenvalue weighted by Crippen LogP contribution is 2.52. The first-order chi connectivity index (χ1) is 13.6. The van der Waals surface area contributed by atoms with Gasteiger partial charge in [0.2, 0.25) is 11.8 Å². The Morgan fingerprint density at radius 1 is 1.14 bits per heavy atom. The van der Waals surface area contributed by atoms with Crippen LogP contribution in [0.3, 0.4) is 0 Å². The smallest absolute Gasteiger partial charge is 0.233 e. The third kappa shape index (κ3) is 4.47. The summed E-state index contributed by atoms with van der Waals surface area (Å²) in [5.74, 6) is 1.79. The van der Waals surface area contributed by atoms with E-state index in [4.69, 9.17) is 4.99 Å². The molecule has 5 atom stereocenters. The van der Waals surface area contributed by atoms with Gasteiger partial charge in [-0.2, -0.15) is 0 Å². The van der Waals surface area contributed by atoms with Gasteiger partial charge in [-0.3, -0.25) is 19.5 Å². The number of halogens is 1.